The van der Waals surface area contributed by atoms with Gasteiger partial charge in [-0.05, 0) is 44.3 Å². The summed E-state index contributed by atoms with van der Waals surface area (Å²) < 4.78 is 5.35. The Balaban J connectivity index is 1.64. The van der Waals surface area contributed by atoms with Gasteiger partial charge in [-0.15, -0.1) is 0 Å². The number of carbonyl (C=O) groups excluding carboxylic acids is 1. The molecule has 0 radical (unpaired) electrons. The van der Waals surface area contributed by atoms with Crippen LogP contribution >= 0.6 is 0 Å². The second-order valence-electron chi connectivity index (χ2n) is 5.67. The minimum Gasteiger partial charge on any atom is -0.486 e. The van der Waals surface area contributed by atoms with Crippen molar-refractivity contribution in [3.63, 3.8) is 0 Å². The van der Waals surface area contributed by atoms with Gasteiger partial charge in [0.15, 0.2) is 5.75 Å². The van der Waals surface area contributed by atoms with E-state index in [0.717, 1.165) is 19.5 Å². The van der Waals surface area contributed by atoms with Gasteiger partial charge in [0, 0.05) is 12.6 Å². The number of amides is 1. The van der Waals surface area contributed by atoms with Crippen molar-refractivity contribution < 1.29 is 14.5 Å². The lowest BCUT2D eigenvalue weighted by Gasteiger charge is -2.22. The number of piperidine rings is 1. The molecule has 126 valence electrons. The van der Waals surface area contributed by atoms with Crippen molar-refractivity contribution >= 4 is 11.6 Å². The van der Waals surface area contributed by atoms with E-state index < -0.39 is 4.92 Å². The number of carbonyl (C=O) groups is 1. The molecule has 1 aromatic carbocycles. The molecule has 1 fully saturated rings. The van der Waals surface area contributed by atoms with Gasteiger partial charge >= 0.3 is 5.69 Å². The highest BCUT2D eigenvalue weighted by Crippen LogP contribution is 2.25. The Kier molecular flexibility index (Phi) is 6.80. The van der Waals surface area contributed by atoms with Crippen molar-refractivity contribution in [2.24, 2.45) is 5.92 Å². The summed E-state index contributed by atoms with van der Waals surface area (Å²) in [6, 6.07) is 6.16. The van der Waals surface area contributed by atoms with Crippen LogP contribution in [0.4, 0.5) is 5.69 Å². The third-order valence-electron chi connectivity index (χ3n) is 3.92. The molecule has 0 spiro atoms. The molecular weight excluding hydrogens is 298 g/mol. The van der Waals surface area contributed by atoms with Crippen LogP contribution in [0.15, 0.2) is 24.3 Å². The van der Waals surface area contributed by atoms with E-state index in [4.69, 9.17) is 4.74 Å². The molecule has 1 unspecified atom stereocenters. The highest BCUT2D eigenvalue weighted by molar-refractivity contribution is 5.75. The topological polar surface area (TPSA) is 93.5 Å². The largest absolute Gasteiger partial charge is 0.486 e. The van der Waals surface area contributed by atoms with E-state index in [1.165, 1.54) is 25.0 Å². The van der Waals surface area contributed by atoms with Gasteiger partial charge in [0.05, 0.1) is 18.0 Å². The van der Waals surface area contributed by atoms with Gasteiger partial charge in [-0.25, -0.2) is 0 Å². The molecule has 2 N–H and O–H groups in total. The highest BCUT2D eigenvalue weighted by Gasteiger charge is 2.15. The van der Waals surface area contributed by atoms with E-state index in [-0.39, 0.29) is 30.4 Å². The fourth-order valence-corrected chi connectivity index (χ4v) is 2.66. The SMILES string of the molecule is O=C(CCOc1ccccc1[N+](=O)[O-])NCCC1CCCNC1. The zero-order valence-corrected chi connectivity index (χ0v) is 13.1. The number of para-hydroxylation sites is 2. The zero-order chi connectivity index (χ0) is 16.5. The van der Waals surface area contributed by atoms with Crippen LogP contribution in [0.2, 0.25) is 0 Å². The van der Waals surface area contributed by atoms with Crippen LogP contribution in [-0.2, 0) is 4.79 Å². The van der Waals surface area contributed by atoms with Crippen LogP contribution in [0.1, 0.15) is 25.7 Å². The molecule has 23 heavy (non-hydrogen) atoms. The van der Waals surface area contributed by atoms with Crippen LogP contribution in [-0.4, -0.2) is 37.1 Å². The molecule has 0 bridgehead atoms. The normalized spacial score (nSPS) is 17.5. The van der Waals surface area contributed by atoms with Gasteiger partial charge in [-0.2, -0.15) is 0 Å². The molecule has 0 aliphatic carbocycles. The Hall–Kier alpha value is -2.15. The third-order valence-corrected chi connectivity index (χ3v) is 3.92. The number of ether oxygens (including phenoxy) is 1. The standard InChI is InChI=1S/C16H23N3O4/c20-16(18-10-7-13-4-3-9-17-12-13)8-11-23-15-6-2-1-5-14(15)19(21)22/h1-2,5-6,13,17H,3-4,7-12H2,(H,18,20). The van der Waals surface area contributed by atoms with Crippen LogP contribution in [0, 0.1) is 16.0 Å². The third kappa shape index (κ3) is 5.86. The Morgan fingerprint density at radius 2 is 2.26 bits per heavy atom. The Bertz CT molecular complexity index is 530. The number of nitro benzene ring substituents is 1. The van der Waals surface area contributed by atoms with Crippen LogP contribution in [0.5, 0.6) is 5.75 Å². The first-order chi connectivity index (χ1) is 11.2. The van der Waals surface area contributed by atoms with Gasteiger partial charge in [0.25, 0.3) is 0 Å². The number of hydrogen-bond acceptors (Lipinski definition) is 5. The number of nitro groups is 1. The van der Waals surface area contributed by atoms with E-state index in [9.17, 15) is 14.9 Å². The number of hydrogen-bond donors (Lipinski definition) is 2. The average molecular weight is 321 g/mol. The van der Waals surface area contributed by atoms with Crippen LogP contribution in [0.3, 0.4) is 0 Å². The maximum absolute atomic E-state index is 11.8. The predicted molar refractivity (Wildman–Crippen MR) is 86.4 cm³/mol. The lowest BCUT2D eigenvalue weighted by atomic mass is 9.96. The van der Waals surface area contributed by atoms with Crippen molar-refractivity contribution in [2.45, 2.75) is 25.7 Å². The van der Waals surface area contributed by atoms with E-state index in [2.05, 4.69) is 10.6 Å². The molecule has 0 saturated carbocycles. The lowest BCUT2D eigenvalue weighted by Crippen LogP contribution is -2.33. The minimum absolute atomic E-state index is 0.0855. The maximum atomic E-state index is 11.8. The van der Waals surface area contributed by atoms with E-state index in [1.807, 2.05) is 0 Å². The average Bonchev–Trinajstić information content (AvgIpc) is 2.56. The molecule has 1 saturated heterocycles. The van der Waals surface area contributed by atoms with Crippen molar-refractivity contribution in [3.8, 4) is 5.75 Å². The Morgan fingerprint density at radius 1 is 1.43 bits per heavy atom. The molecule has 1 heterocycles. The van der Waals surface area contributed by atoms with Crippen molar-refractivity contribution in [1.29, 1.82) is 0 Å². The van der Waals surface area contributed by atoms with E-state index in [1.54, 1.807) is 12.1 Å². The van der Waals surface area contributed by atoms with E-state index >= 15 is 0 Å². The Labute approximate surface area is 135 Å². The quantitative estimate of drug-likeness (QED) is 0.563. The van der Waals surface area contributed by atoms with Crippen molar-refractivity contribution in [2.75, 3.05) is 26.2 Å². The molecule has 1 aliphatic rings. The summed E-state index contributed by atoms with van der Waals surface area (Å²) in [6.07, 6.45) is 3.57. The lowest BCUT2D eigenvalue weighted by molar-refractivity contribution is -0.385. The summed E-state index contributed by atoms with van der Waals surface area (Å²) in [5.41, 5.74) is -0.0855. The zero-order valence-electron chi connectivity index (χ0n) is 13.1. The number of nitrogens with one attached hydrogen (secondary N) is 2. The van der Waals surface area contributed by atoms with Crippen LogP contribution in [0.25, 0.3) is 0 Å². The van der Waals surface area contributed by atoms with Gasteiger partial charge in [-0.1, -0.05) is 12.1 Å². The minimum atomic E-state index is -0.492. The summed E-state index contributed by atoms with van der Waals surface area (Å²) in [5, 5.41) is 17.1. The molecule has 7 nitrogen and oxygen atoms in total. The van der Waals surface area contributed by atoms with Crippen molar-refractivity contribution in [3.05, 3.63) is 34.4 Å². The molecule has 1 amide bonds. The molecular formula is C16H23N3O4. The second-order valence-corrected chi connectivity index (χ2v) is 5.67. The fourth-order valence-electron chi connectivity index (χ4n) is 2.66. The number of rotatable bonds is 8. The molecule has 2 rings (SSSR count). The van der Waals surface area contributed by atoms with E-state index in [0.29, 0.717) is 12.5 Å². The summed E-state index contributed by atoms with van der Waals surface area (Å²) in [7, 11) is 0. The molecule has 1 atom stereocenters. The molecule has 1 aromatic rings. The summed E-state index contributed by atoms with van der Waals surface area (Å²) in [4.78, 5) is 22.1. The summed E-state index contributed by atoms with van der Waals surface area (Å²) in [6.45, 7) is 2.90. The molecule has 1 aliphatic heterocycles. The summed E-state index contributed by atoms with van der Waals surface area (Å²) in [5.74, 6) is 0.734. The predicted octanol–water partition coefficient (Wildman–Crippen LogP) is 1.87. The monoisotopic (exact) mass is 321 g/mol. The number of nitrogens with zero attached hydrogens (tertiary/aromatic N) is 1. The van der Waals surface area contributed by atoms with Crippen molar-refractivity contribution in [1.82, 2.24) is 10.6 Å². The molecule has 7 heteroatoms. The smallest absolute Gasteiger partial charge is 0.310 e. The van der Waals surface area contributed by atoms with Gasteiger partial charge in [0.2, 0.25) is 5.91 Å². The van der Waals surface area contributed by atoms with Gasteiger partial charge in [0.1, 0.15) is 0 Å². The molecule has 0 aromatic heterocycles. The number of benzene rings is 1. The fraction of sp³-hybridized carbons (Fsp3) is 0.562. The first-order valence-electron chi connectivity index (χ1n) is 8.00. The van der Waals surface area contributed by atoms with Gasteiger partial charge in [-0.3, -0.25) is 14.9 Å². The first-order valence-corrected chi connectivity index (χ1v) is 8.00. The first kappa shape index (κ1) is 17.2. The van der Waals surface area contributed by atoms with Crippen LogP contribution < -0.4 is 15.4 Å². The maximum Gasteiger partial charge on any atom is 0.310 e. The summed E-state index contributed by atoms with van der Waals surface area (Å²) >= 11 is 0. The second kappa shape index (κ2) is 9.09. The Morgan fingerprint density at radius 3 is 3.00 bits per heavy atom. The van der Waals surface area contributed by atoms with Gasteiger partial charge < -0.3 is 15.4 Å². The highest BCUT2D eigenvalue weighted by atomic mass is 16.6.